The Balaban J connectivity index is 1.88. The quantitative estimate of drug-likeness (QED) is 0.745. The van der Waals surface area contributed by atoms with Gasteiger partial charge in [0.15, 0.2) is 5.82 Å². The van der Waals surface area contributed by atoms with Crippen LogP contribution in [0.15, 0.2) is 24.3 Å². The largest absolute Gasteiger partial charge is 0.353 e. The SMILES string of the molecule is Cc1ccc(-c2nc(C)c(C(C)C)c(N3CCN(C(=O)CC(C)C)CC3)n2)cc1. The van der Waals surface area contributed by atoms with Crippen molar-refractivity contribution in [3.63, 3.8) is 0 Å². The van der Waals surface area contributed by atoms with Crippen LogP contribution in [-0.4, -0.2) is 47.0 Å². The molecular weight excluding hydrogens is 360 g/mol. The molecule has 5 nitrogen and oxygen atoms in total. The number of piperazine rings is 1. The maximum Gasteiger partial charge on any atom is 0.222 e. The van der Waals surface area contributed by atoms with E-state index in [0.717, 1.165) is 49.1 Å². The predicted molar refractivity (Wildman–Crippen MR) is 119 cm³/mol. The van der Waals surface area contributed by atoms with Crippen molar-refractivity contribution in [2.24, 2.45) is 5.92 Å². The fourth-order valence-corrected chi connectivity index (χ4v) is 3.96. The third kappa shape index (κ3) is 4.95. The zero-order chi connectivity index (χ0) is 21.1. The van der Waals surface area contributed by atoms with E-state index in [2.05, 4.69) is 70.7 Å². The molecule has 1 aliphatic rings. The maximum absolute atomic E-state index is 12.4. The second-order valence-corrected chi connectivity index (χ2v) is 8.86. The lowest BCUT2D eigenvalue weighted by molar-refractivity contribution is -0.132. The van der Waals surface area contributed by atoms with Crippen molar-refractivity contribution < 1.29 is 4.79 Å². The predicted octanol–water partition coefficient (Wildman–Crippen LogP) is 4.58. The average molecular weight is 395 g/mol. The Morgan fingerprint density at radius 3 is 2.14 bits per heavy atom. The number of hydrogen-bond donors (Lipinski definition) is 0. The molecule has 29 heavy (non-hydrogen) atoms. The molecular formula is C24H34N4O. The molecule has 1 fully saturated rings. The Kier molecular flexibility index (Phi) is 6.56. The monoisotopic (exact) mass is 394 g/mol. The first-order valence-electron chi connectivity index (χ1n) is 10.7. The van der Waals surface area contributed by atoms with Gasteiger partial charge in [-0.15, -0.1) is 0 Å². The molecule has 5 heteroatoms. The van der Waals surface area contributed by atoms with Gasteiger partial charge in [0.25, 0.3) is 0 Å². The topological polar surface area (TPSA) is 49.3 Å². The molecule has 0 radical (unpaired) electrons. The van der Waals surface area contributed by atoms with Gasteiger partial charge in [-0.1, -0.05) is 57.5 Å². The molecule has 0 bridgehead atoms. The lowest BCUT2D eigenvalue weighted by atomic mass is 10.0. The molecule has 1 aromatic carbocycles. The van der Waals surface area contributed by atoms with E-state index in [0.29, 0.717) is 18.3 Å². The number of carbonyl (C=O) groups is 1. The van der Waals surface area contributed by atoms with Gasteiger partial charge in [0.2, 0.25) is 5.91 Å². The van der Waals surface area contributed by atoms with E-state index in [1.54, 1.807) is 0 Å². The van der Waals surface area contributed by atoms with Gasteiger partial charge in [0.05, 0.1) is 0 Å². The number of benzene rings is 1. The summed E-state index contributed by atoms with van der Waals surface area (Å²) in [6.45, 7) is 15.9. The standard InChI is InChI=1S/C24H34N4O/c1-16(2)15-21(29)27-11-13-28(14-12-27)24-22(17(3)4)19(6)25-23(26-24)20-9-7-18(5)8-10-20/h7-10,16-17H,11-15H2,1-6H3. The van der Waals surface area contributed by atoms with Gasteiger partial charge >= 0.3 is 0 Å². The van der Waals surface area contributed by atoms with Crippen molar-refractivity contribution in [1.29, 1.82) is 0 Å². The molecule has 1 aliphatic heterocycles. The lowest BCUT2D eigenvalue weighted by Crippen LogP contribution is -2.49. The number of aryl methyl sites for hydroxylation is 2. The van der Waals surface area contributed by atoms with E-state index in [9.17, 15) is 4.79 Å². The Morgan fingerprint density at radius 1 is 0.966 bits per heavy atom. The molecule has 0 unspecified atom stereocenters. The summed E-state index contributed by atoms with van der Waals surface area (Å²) in [6.07, 6.45) is 0.626. The molecule has 1 aromatic heterocycles. The molecule has 1 amide bonds. The van der Waals surface area contributed by atoms with Gasteiger partial charge in [0, 0.05) is 49.4 Å². The van der Waals surface area contributed by atoms with Gasteiger partial charge < -0.3 is 9.80 Å². The summed E-state index contributed by atoms with van der Waals surface area (Å²) < 4.78 is 0. The summed E-state index contributed by atoms with van der Waals surface area (Å²) in [5.41, 5.74) is 4.52. The highest BCUT2D eigenvalue weighted by Gasteiger charge is 2.26. The van der Waals surface area contributed by atoms with Gasteiger partial charge in [-0.3, -0.25) is 4.79 Å². The molecule has 1 saturated heterocycles. The zero-order valence-corrected chi connectivity index (χ0v) is 18.7. The third-order valence-corrected chi connectivity index (χ3v) is 5.52. The van der Waals surface area contributed by atoms with E-state index in [4.69, 9.17) is 9.97 Å². The molecule has 0 saturated carbocycles. The summed E-state index contributed by atoms with van der Waals surface area (Å²) in [4.78, 5) is 26.6. The van der Waals surface area contributed by atoms with E-state index in [1.807, 2.05) is 4.90 Å². The van der Waals surface area contributed by atoms with Crippen molar-refractivity contribution in [3.8, 4) is 11.4 Å². The van der Waals surface area contributed by atoms with Crippen molar-refractivity contribution in [2.75, 3.05) is 31.1 Å². The van der Waals surface area contributed by atoms with Crippen molar-refractivity contribution in [3.05, 3.63) is 41.1 Å². The third-order valence-electron chi connectivity index (χ3n) is 5.52. The van der Waals surface area contributed by atoms with Crippen LogP contribution >= 0.6 is 0 Å². The summed E-state index contributed by atoms with van der Waals surface area (Å²) >= 11 is 0. The Morgan fingerprint density at radius 2 is 1.59 bits per heavy atom. The highest BCUT2D eigenvalue weighted by molar-refractivity contribution is 5.76. The van der Waals surface area contributed by atoms with E-state index in [1.165, 1.54) is 11.1 Å². The van der Waals surface area contributed by atoms with Crippen LogP contribution in [-0.2, 0) is 4.79 Å². The average Bonchev–Trinajstić information content (AvgIpc) is 2.67. The van der Waals surface area contributed by atoms with Gasteiger partial charge in [0.1, 0.15) is 5.82 Å². The molecule has 2 heterocycles. The van der Waals surface area contributed by atoms with Crippen molar-refractivity contribution in [2.45, 2.75) is 53.9 Å². The normalized spacial score (nSPS) is 14.8. The summed E-state index contributed by atoms with van der Waals surface area (Å²) in [5, 5.41) is 0. The first kappa shape index (κ1) is 21.3. The minimum Gasteiger partial charge on any atom is -0.353 e. The first-order chi connectivity index (χ1) is 13.8. The number of aromatic nitrogens is 2. The minimum absolute atomic E-state index is 0.267. The smallest absolute Gasteiger partial charge is 0.222 e. The van der Waals surface area contributed by atoms with E-state index in [-0.39, 0.29) is 5.91 Å². The van der Waals surface area contributed by atoms with E-state index < -0.39 is 0 Å². The Hall–Kier alpha value is -2.43. The van der Waals surface area contributed by atoms with Crippen LogP contribution in [0.2, 0.25) is 0 Å². The summed E-state index contributed by atoms with van der Waals surface area (Å²) in [6, 6.07) is 8.38. The summed E-state index contributed by atoms with van der Waals surface area (Å²) in [5.74, 6) is 2.81. The molecule has 3 rings (SSSR count). The summed E-state index contributed by atoms with van der Waals surface area (Å²) in [7, 11) is 0. The maximum atomic E-state index is 12.4. The number of amides is 1. The van der Waals surface area contributed by atoms with Crippen LogP contribution in [0.25, 0.3) is 11.4 Å². The van der Waals surface area contributed by atoms with Gasteiger partial charge in [-0.25, -0.2) is 9.97 Å². The highest BCUT2D eigenvalue weighted by Crippen LogP contribution is 2.31. The van der Waals surface area contributed by atoms with Gasteiger partial charge in [-0.05, 0) is 25.7 Å². The Labute approximate surface area is 175 Å². The van der Waals surface area contributed by atoms with Crippen LogP contribution in [0, 0.1) is 19.8 Å². The number of anilines is 1. The molecule has 0 N–H and O–H groups in total. The number of hydrogen-bond acceptors (Lipinski definition) is 4. The van der Waals surface area contributed by atoms with Crippen LogP contribution in [0.5, 0.6) is 0 Å². The first-order valence-corrected chi connectivity index (χ1v) is 10.7. The molecule has 0 spiro atoms. The van der Waals surface area contributed by atoms with Crippen LogP contribution in [0.4, 0.5) is 5.82 Å². The highest BCUT2D eigenvalue weighted by atomic mass is 16.2. The van der Waals surface area contributed by atoms with Gasteiger partial charge in [-0.2, -0.15) is 0 Å². The van der Waals surface area contributed by atoms with Crippen LogP contribution in [0.3, 0.4) is 0 Å². The number of carbonyl (C=O) groups excluding carboxylic acids is 1. The number of rotatable bonds is 5. The van der Waals surface area contributed by atoms with E-state index >= 15 is 0 Å². The molecule has 0 atom stereocenters. The number of nitrogens with zero attached hydrogens (tertiary/aromatic N) is 4. The molecule has 2 aromatic rings. The van der Waals surface area contributed by atoms with Crippen molar-refractivity contribution >= 4 is 11.7 Å². The zero-order valence-electron chi connectivity index (χ0n) is 18.7. The lowest BCUT2D eigenvalue weighted by Gasteiger charge is -2.37. The fraction of sp³-hybridized carbons (Fsp3) is 0.542. The molecule has 0 aliphatic carbocycles. The second-order valence-electron chi connectivity index (χ2n) is 8.86. The molecule has 156 valence electrons. The van der Waals surface area contributed by atoms with Crippen LogP contribution in [0.1, 0.15) is 56.9 Å². The minimum atomic E-state index is 0.267. The van der Waals surface area contributed by atoms with Crippen LogP contribution < -0.4 is 4.90 Å². The second kappa shape index (κ2) is 8.93. The Bertz CT molecular complexity index is 850. The van der Waals surface area contributed by atoms with Crippen molar-refractivity contribution in [1.82, 2.24) is 14.9 Å². The fourth-order valence-electron chi connectivity index (χ4n) is 3.96.